The van der Waals surface area contributed by atoms with Crippen LogP contribution in [0, 0.1) is 11.8 Å². The number of halogens is 2. The quantitative estimate of drug-likeness (QED) is 0.489. The Bertz CT molecular complexity index is 277. The van der Waals surface area contributed by atoms with Gasteiger partial charge in [-0.3, -0.25) is 4.79 Å². The molecule has 2 saturated carbocycles. The van der Waals surface area contributed by atoms with Crippen LogP contribution < -0.4 is 5.32 Å². The molecule has 4 aliphatic rings. The van der Waals surface area contributed by atoms with Gasteiger partial charge in [-0.1, -0.05) is 11.6 Å². The summed E-state index contributed by atoms with van der Waals surface area (Å²) in [6.45, 7) is 0. The van der Waals surface area contributed by atoms with E-state index in [0.717, 1.165) is 25.7 Å². The van der Waals surface area contributed by atoms with Crippen LogP contribution in [0.15, 0.2) is 0 Å². The van der Waals surface area contributed by atoms with Crippen LogP contribution in [-0.4, -0.2) is 15.8 Å². The fourth-order valence-corrected chi connectivity index (χ4v) is 4.17. The molecule has 0 aromatic heterocycles. The van der Waals surface area contributed by atoms with E-state index in [1.807, 2.05) is 0 Å². The molecule has 2 aliphatic carbocycles. The van der Waals surface area contributed by atoms with E-state index in [4.69, 9.17) is 23.2 Å². The minimum atomic E-state index is -0.614. The highest BCUT2D eigenvalue weighted by atomic mass is 35.5. The Hall–Kier alpha value is 0.0500. The number of nitrogens with one attached hydrogen (secondary N) is 1. The van der Waals surface area contributed by atoms with Gasteiger partial charge < -0.3 is 5.32 Å². The van der Waals surface area contributed by atoms with Crippen molar-refractivity contribution >= 4 is 29.1 Å². The van der Waals surface area contributed by atoms with Crippen molar-refractivity contribution in [1.82, 2.24) is 5.32 Å². The van der Waals surface area contributed by atoms with E-state index >= 15 is 0 Å². The smallest absolute Gasteiger partial charge is 0.243 e. The maximum atomic E-state index is 11.7. The summed E-state index contributed by atoms with van der Waals surface area (Å²) in [5, 5.41) is 2.83. The Morgan fingerprint density at radius 1 is 1.23 bits per heavy atom. The first kappa shape index (κ1) is 8.37. The molecule has 4 heteroatoms. The summed E-state index contributed by atoms with van der Waals surface area (Å²) in [7, 11) is 0. The zero-order valence-corrected chi connectivity index (χ0v) is 8.66. The molecule has 2 unspecified atom stereocenters. The average molecular weight is 220 g/mol. The molecule has 4 rings (SSSR count). The molecule has 0 aromatic rings. The standard InChI is InChI=1S/C9H11Cl2NO/c10-8-3-5-1-2-6(4-8)9(5,11)7(13)12-8/h5-6H,1-4H2,(H,12,13)/t5-,6+,8?,9?. The number of piperidine rings is 2. The van der Waals surface area contributed by atoms with Gasteiger partial charge in [-0.15, -0.1) is 11.6 Å². The number of amides is 1. The molecule has 0 spiro atoms. The topological polar surface area (TPSA) is 29.1 Å². The summed E-state index contributed by atoms with van der Waals surface area (Å²) in [5.74, 6) is 0.576. The Balaban J connectivity index is 2.11. The minimum absolute atomic E-state index is 0.0332. The van der Waals surface area contributed by atoms with Crippen molar-refractivity contribution in [2.75, 3.05) is 0 Å². The van der Waals surface area contributed by atoms with E-state index in [0.29, 0.717) is 11.8 Å². The zero-order chi connectivity index (χ0) is 9.27. The van der Waals surface area contributed by atoms with Crippen LogP contribution in [0.3, 0.4) is 0 Å². The third-order valence-corrected chi connectivity index (χ3v) is 5.07. The van der Waals surface area contributed by atoms with Crippen LogP contribution in [-0.2, 0) is 4.79 Å². The molecular weight excluding hydrogens is 209 g/mol. The van der Waals surface area contributed by atoms with Gasteiger partial charge in [0.25, 0.3) is 0 Å². The molecule has 2 nitrogen and oxygen atoms in total. The van der Waals surface area contributed by atoms with E-state index in [9.17, 15) is 4.79 Å². The third-order valence-electron chi connectivity index (χ3n) is 3.88. The molecule has 4 bridgehead atoms. The van der Waals surface area contributed by atoms with Gasteiger partial charge in [0, 0.05) is 0 Å². The summed E-state index contributed by atoms with van der Waals surface area (Å²) >= 11 is 12.7. The van der Waals surface area contributed by atoms with Gasteiger partial charge in [0.2, 0.25) is 5.91 Å². The number of hydrogen-bond acceptors (Lipinski definition) is 1. The summed E-state index contributed by atoms with van der Waals surface area (Å²) in [6, 6.07) is 0. The lowest BCUT2D eigenvalue weighted by molar-refractivity contribution is -0.133. The number of hydrogen-bond donors (Lipinski definition) is 1. The van der Waals surface area contributed by atoms with Gasteiger partial charge in [0.15, 0.2) is 0 Å². The van der Waals surface area contributed by atoms with E-state index in [-0.39, 0.29) is 5.91 Å². The van der Waals surface area contributed by atoms with Crippen molar-refractivity contribution in [1.29, 1.82) is 0 Å². The van der Waals surface area contributed by atoms with Gasteiger partial charge in [0.1, 0.15) is 9.87 Å². The van der Waals surface area contributed by atoms with Crippen LogP contribution in [0.25, 0.3) is 0 Å². The highest BCUT2D eigenvalue weighted by molar-refractivity contribution is 6.38. The van der Waals surface area contributed by atoms with Gasteiger partial charge in [-0.05, 0) is 37.5 Å². The number of carbonyl (C=O) groups is 1. The predicted octanol–water partition coefficient (Wildman–Crippen LogP) is 1.85. The van der Waals surface area contributed by atoms with Crippen molar-refractivity contribution in [2.24, 2.45) is 11.8 Å². The summed E-state index contributed by atoms with van der Waals surface area (Å²) in [4.78, 5) is 10.6. The maximum absolute atomic E-state index is 11.7. The lowest BCUT2D eigenvalue weighted by atomic mass is 9.71. The molecule has 1 amide bonds. The summed E-state index contributed by atoms with van der Waals surface area (Å²) in [5.41, 5.74) is 0. The second-order valence-electron chi connectivity index (χ2n) is 4.57. The Morgan fingerprint density at radius 2 is 1.77 bits per heavy atom. The first-order valence-electron chi connectivity index (χ1n) is 4.75. The lowest BCUT2D eigenvalue weighted by Gasteiger charge is -2.51. The SMILES string of the molecule is O=C1NC2(Cl)C[C@H]3CC[C@@H](C2)C13Cl. The molecule has 13 heavy (non-hydrogen) atoms. The molecule has 0 aromatic carbocycles. The van der Waals surface area contributed by atoms with E-state index < -0.39 is 9.87 Å². The number of rotatable bonds is 0. The first-order valence-corrected chi connectivity index (χ1v) is 5.51. The van der Waals surface area contributed by atoms with Crippen molar-refractivity contribution in [2.45, 2.75) is 35.6 Å². The minimum Gasteiger partial charge on any atom is -0.336 e. The van der Waals surface area contributed by atoms with Crippen molar-refractivity contribution in [3.63, 3.8) is 0 Å². The maximum Gasteiger partial charge on any atom is 0.243 e. The van der Waals surface area contributed by atoms with Gasteiger partial charge in [0.05, 0.1) is 0 Å². The summed E-state index contributed by atoms with van der Waals surface area (Å²) in [6.07, 6.45) is 3.83. The fraction of sp³-hybridized carbons (Fsp3) is 0.889. The van der Waals surface area contributed by atoms with Crippen molar-refractivity contribution < 1.29 is 4.79 Å². The number of carbonyl (C=O) groups excluding carboxylic acids is 1. The largest absolute Gasteiger partial charge is 0.336 e. The Morgan fingerprint density at radius 3 is 2.31 bits per heavy atom. The van der Waals surface area contributed by atoms with Crippen LogP contribution in [0.2, 0.25) is 0 Å². The second-order valence-corrected chi connectivity index (χ2v) is 5.92. The molecular formula is C9H11Cl2NO. The lowest BCUT2D eigenvalue weighted by Crippen LogP contribution is -2.67. The third kappa shape index (κ3) is 0.841. The van der Waals surface area contributed by atoms with Crippen molar-refractivity contribution in [3.8, 4) is 0 Å². The second kappa shape index (κ2) is 2.17. The van der Waals surface area contributed by atoms with Gasteiger partial charge >= 0.3 is 0 Å². The predicted molar refractivity (Wildman–Crippen MR) is 50.8 cm³/mol. The van der Waals surface area contributed by atoms with Crippen molar-refractivity contribution in [3.05, 3.63) is 0 Å². The fourth-order valence-electron chi connectivity index (χ4n) is 3.29. The highest BCUT2D eigenvalue weighted by Crippen LogP contribution is 2.60. The highest BCUT2D eigenvalue weighted by Gasteiger charge is 2.66. The molecule has 4 fully saturated rings. The molecule has 2 aliphatic heterocycles. The first-order chi connectivity index (χ1) is 6.05. The van der Waals surface area contributed by atoms with Gasteiger partial charge in [-0.25, -0.2) is 0 Å². The Labute approximate surface area is 87.0 Å². The number of alkyl halides is 2. The molecule has 4 atom stereocenters. The summed E-state index contributed by atoms with van der Waals surface area (Å²) < 4.78 is 0. The van der Waals surface area contributed by atoms with Crippen LogP contribution >= 0.6 is 23.2 Å². The van der Waals surface area contributed by atoms with E-state index in [2.05, 4.69) is 5.32 Å². The Kier molecular flexibility index (Phi) is 1.40. The van der Waals surface area contributed by atoms with Crippen LogP contribution in [0.1, 0.15) is 25.7 Å². The molecule has 0 radical (unpaired) electrons. The molecule has 2 saturated heterocycles. The van der Waals surface area contributed by atoms with E-state index in [1.165, 1.54) is 0 Å². The number of fused-ring (bicyclic) bond motifs is 1. The monoisotopic (exact) mass is 219 g/mol. The normalized spacial score (nSPS) is 58.2. The van der Waals surface area contributed by atoms with E-state index in [1.54, 1.807) is 0 Å². The van der Waals surface area contributed by atoms with Crippen LogP contribution in [0.5, 0.6) is 0 Å². The van der Waals surface area contributed by atoms with Gasteiger partial charge in [-0.2, -0.15) is 0 Å². The molecule has 72 valence electrons. The zero-order valence-electron chi connectivity index (χ0n) is 7.15. The molecule has 1 N–H and O–H groups in total. The molecule has 2 heterocycles. The average Bonchev–Trinajstić information content (AvgIpc) is 2.30. The van der Waals surface area contributed by atoms with Crippen LogP contribution in [0.4, 0.5) is 0 Å².